The van der Waals surface area contributed by atoms with Gasteiger partial charge in [0.05, 0.1) is 23.3 Å². The van der Waals surface area contributed by atoms with Crippen LogP contribution in [0.4, 0.5) is 5.69 Å². The van der Waals surface area contributed by atoms with Crippen molar-refractivity contribution < 1.29 is 14.4 Å². The first-order valence-electron chi connectivity index (χ1n) is 7.54. The van der Waals surface area contributed by atoms with E-state index in [1.807, 2.05) is 29.6 Å². The Labute approximate surface area is 148 Å². The van der Waals surface area contributed by atoms with Crippen LogP contribution in [0.2, 0.25) is 0 Å². The molecule has 0 radical (unpaired) electrons. The Bertz CT molecular complexity index is 908. The molecule has 0 saturated carbocycles. The standard InChI is InChI=1S/C18H16N2O4S/c1-12-7-8-17(15(9-12)20(21)22)24-10-13-11-25-18(19-13)14-5-3-4-6-16(14)23-2/h3-9,11H,10H2,1-2H3. The second-order valence-corrected chi connectivity index (χ2v) is 6.22. The number of methoxy groups -OCH3 is 1. The zero-order valence-electron chi connectivity index (χ0n) is 13.8. The molecule has 6 nitrogen and oxygen atoms in total. The molecule has 7 heteroatoms. The lowest BCUT2D eigenvalue weighted by molar-refractivity contribution is -0.386. The SMILES string of the molecule is COc1ccccc1-c1nc(COc2ccc(C)cc2[N+](=O)[O-])cs1. The molecule has 0 spiro atoms. The van der Waals surface area contributed by atoms with Crippen LogP contribution in [0.5, 0.6) is 11.5 Å². The van der Waals surface area contributed by atoms with Crippen LogP contribution in [0.25, 0.3) is 10.6 Å². The van der Waals surface area contributed by atoms with Crippen molar-refractivity contribution >= 4 is 17.0 Å². The van der Waals surface area contributed by atoms with E-state index in [9.17, 15) is 10.1 Å². The Hall–Kier alpha value is -2.93. The van der Waals surface area contributed by atoms with E-state index in [0.29, 0.717) is 5.69 Å². The largest absolute Gasteiger partial charge is 0.496 e. The molecule has 0 atom stereocenters. The van der Waals surface area contributed by atoms with Crippen molar-refractivity contribution in [3.8, 4) is 22.1 Å². The summed E-state index contributed by atoms with van der Waals surface area (Å²) < 4.78 is 11.0. The molecular weight excluding hydrogens is 340 g/mol. The van der Waals surface area contributed by atoms with E-state index in [1.54, 1.807) is 26.2 Å². The summed E-state index contributed by atoms with van der Waals surface area (Å²) in [4.78, 5) is 15.2. The molecule has 0 bridgehead atoms. The van der Waals surface area contributed by atoms with Crippen LogP contribution >= 0.6 is 11.3 Å². The van der Waals surface area contributed by atoms with Gasteiger partial charge in [-0.2, -0.15) is 0 Å². The summed E-state index contributed by atoms with van der Waals surface area (Å²) in [6, 6.07) is 12.5. The van der Waals surface area contributed by atoms with Gasteiger partial charge in [0.2, 0.25) is 0 Å². The molecule has 0 unspecified atom stereocenters. The maximum Gasteiger partial charge on any atom is 0.311 e. The van der Waals surface area contributed by atoms with Crippen LogP contribution in [0.15, 0.2) is 47.8 Å². The summed E-state index contributed by atoms with van der Waals surface area (Å²) in [6.45, 7) is 1.96. The number of para-hydroxylation sites is 1. The normalized spacial score (nSPS) is 10.5. The number of ether oxygens (including phenoxy) is 2. The highest BCUT2D eigenvalue weighted by Crippen LogP contribution is 2.33. The smallest absolute Gasteiger partial charge is 0.311 e. The highest BCUT2D eigenvalue weighted by molar-refractivity contribution is 7.13. The fourth-order valence-corrected chi connectivity index (χ4v) is 3.20. The minimum absolute atomic E-state index is 0.0415. The number of nitrogens with zero attached hydrogens (tertiary/aromatic N) is 2. The fourth-order valence-electron chi connectivity index (χ4n) is 2.36. The lowest BCUT2D eigenvalue weighted by Crippen LogP contribution is -2.00. The third-order valence-electron chi connectivity index (χ3n) is 3.58. The summed E-state index contributed by atoms with van der Waals surface area (Å²) in [6.07, 6.45) is 0. The van der Waals surface area contributed by atoms with Gasteiger partial charge >= 0.3 is 5.69 Å². The molecule has 0 fully saturated rings. The number of thiazole rings is 1. The van der Waals surface area contributed by atoms with Gasteiger partial charge in [-0.15, -0.1) is 11.3 Å². The maximum atomic E-state index is 11.1. The van der Waals surface area contributed by atoms with E-state index in [-0.39, 0.29) is 18.0 Å². The first-order valence-corrected chi connectivity index (χ1v) is 8.42. The van der Waals surface area contributed by atoms with Gasteiger partial charge in [0, 0.05) is 11.4 Å². The second kappa shape index (κ2) is 7.31. The second-order valence-electron chi connectivity index (χ2n) is 5.36. The minimum Gasteiger partial charge on any atom is -0.496 e. The van der Waals surface area contributed by atoms with Gasteiger partial charge < -0.3 is 9.47 Å². The summed E-state index contributed by atoms with van der Waals surface area (Å²) >= 11 is 1.48. The predicted molar refractivity (Wildman–Crippen MR) is 96.3 cm³/mol. The number of aromatic nitrogens is 1. The van der Waals surface area contributed by atoms with E-state index in [2.05, 4.69) is 4.98 Å². The van der Waals surface area contributed by atoms with Crippen molar-refractivity contribution in [1.82, 2.24) is 4.98 Å². The highest BCUT2D eigenvalue weighted by Gasteiger charge is 2.16. The molecule has 1 aromatic heterocycles. The Morgan fingerprint density at radius 3 is 2.76 bits per heavy atom. The van der Waals surface area contributed by atoms with Gasteiger partial charge in [-0.25, -0.2) is 4.98 Å². The van der Waals surface area contributed by atoms with E-state index >= 15 is 0 Å². The predicted octanol–water partition coefficient (Wildman–Crippen LogP) is 4.61. The van der Waals surface area contributed by atoms with Crippen LogP contribution < -0.4 is 9.47 Å². The zero-order valence-corrected chi connectivity index (χ0v) is 14.6. The molecule has 25 heavy (non-hydrogen) atoms. The summed E-state index contributed by atoms with van der Waals surface area (Å²) in [5.41, 5.74) is 2.38. The Morgan fingerprint density at radius 2 is 2.00 bits per heavy atom. The molecule has 0 aliphatic rings. The number of nitro benzene ring substituents is 1. The number of nitro groups is 1. The van der Waals surface area contributed by atoms with Gasteiger partial charge in [0.1, 0.15) is 17.4 Å². The first-order chi connectivity index (χ1) is 12.1. The molecule has 1 heterocycles. The number of aryl methyl sites for hydroxylation is 1. The minimum atomic E-state index is -0.441. The fraction of sp³-hybridized carbons (Fsp3) is 0.167. The third-order valence-corrected chi connectivity index (χ3v) is 4.50. The average Bonchev–Trinajstić information content (AvgIpc) is 3.09. The molecule has 0 aliphatic carbocycles. The molecule has 3 rings (SSSR count). The lowest BCUT2D eigenvalue weighted by Gasteiger charge is -2.06. The first kappa shape index (κ1) is 16.9. The van der Waals surface area contributed by atoms with Crippen LogP contribution in [0, 0.1) is 17.0 Å². The Balaban J connectivity index is 1.78. The van der Waals surface area contributed by atoms with Crippen LogP contribution in [0.3, 0.4) is 0 Å². The number of hydrogen-bond donors (Lipinski definition) is 0. The van der Waals surface area contributed by atoms with Gasteiger partial charge in [0.25, 0.3) is 0 Å². The third kappa shape index (κ3) is 3.77. The Kier molecular flexibility index (Phi) is 4.95. The number of rotatable bonds is 6. The number of benzene rings is 2. The van der Waals surface area contributed by atoms with Gasteiger partial charge in [-0.3, -0.25) is 10.1 Å². The van der Waals surface area contributed by atoms with Crippen LogP contribution in [0.1, 0.15) is 11.3 Å². The van der Waals surface area contributed by atoms with Crippen LogP contribution in [-0.2, 0) is 6.61 Å². The van der Waals surface area contributed by atoms with Gasteiger partial charge in [0.15, 0.2) is 5.75 Å². The molecule has 3 aromatic rings. The number of hydrogen-bond acceptors (Lipinski definition) is 6. The summed E-state index contributed by atoms with van der Waals surface area (Å²) in [5, 5.41) is 13.8. The summed E-state index contributed by atoms with van der Waals surface area (Å²) in [5.74, 6) is 0.987. The van der Waals surface area contributed by atoms with Crippen molar-refractivity contribution in [3.05, 3.63) is 69.2 Å². The van der Waals surface area contributed by atoms with E-state index in [1.165, 1.54) is 17.4 Å². The lowest BCUT2D eigenvalue weighted by atomic mass is 10.2. The molecule has 128 valence electrons. The molecule has 2 aromatic carbocycles. The van der Waals surface area contributed by atoms with Crippen molar-refractivity contribution in [2.45, 2.75) is 13.5 Å². The van der Waals surface area contributed by atoms with Crippen molar-refractivity contribution in [3.63, 3.8) is 0 Å². The molecular formula is C18H16N2O4S. The maximum absolute atomic E-state index is 11.1. The van der Waals surface area contributed by atoms with Crippen molar-refractivity contribution in [1.29, 1.82) is 0 Å². The van der Waals surface area contributed by atoms with Crippen molar-refractivity contribution in [2.75, 3.05) is 7.11 Å². The van der Waals surface area contributed by atoms with Gasteiger partial charge in [-0.1, -0.05) is 18.2 Å². The molecule has 0 N–H and O–H groups in total. The Morgan fingerprint density at radius 1 is 1.20 bits per heavy atom. The van der Waals surface area contributed by atoms with Crippen molar-refractivity contribution in [2.24, 2.45) is 0 Å². The topological polar surface area (TPSA) is 74.5 Å². The monoisotopic (exact) mass is 356 g/mol. The molecule has 0 aliphatic heterocycles. The molecule has 0 amide bonds. The average molecular weight is 356 g/mol. The van der Waals surface area contributed by atoms with E-state index in [0.717, 1.165) is 21.9 Å². The quantitative estimate of drug-likeness (QED) is 0.476. The summed E-state index contributed by atoms with van der Waals surface area (Å²) in [7, 11) is 1.62. The van der Waals surface area contributed by atoms with Gasteiger partial charge in [-0.05, 0) is 30.7 Å². The molecule has 0 saturated heterocycles. The van der Waals surface area contributed by atoms with E-state index in [4.69, 9.17) is 9.47 Å². The van der Waals surface area contributed by atoms with E-state index < -0.39 is 4.92 Å². The van der Waals surface area contributed by atoms with Crippen LogP contribution in [-0.4, -0.2) is 17.0 Å². The highest BCUT2D eigenvalue weighted by atomic mass is 32.1. The zero-order chi connectivity index (χ0) is 17.8.